The molecule has 0 saturated heterocycles. The number of benzene rings is 1. The molecule has 6 heteroatoms. The fourth-order valence-corrected chi connectivity index (χ4v) is 3.99. The van der Waals surface area contributed by atoms with Gasteiger partial charge in [-0.1, -0.05) is 77.9 Å². The van der Waals surface area contributed by atoms with Crippen molar-refractivity contribution < 1.29 is 0 Å². The number of unbranched alkanes of at least 4 members (excludes halogenated alkanes) is 4. The molecule has 0 spiro atoms. The SMILES string of the molecule is CCCCCCC#Cc1cncc(-c2nnc(SCc3ccc(Br)cc3)n2C)c1. The lowest BCUT2D eigenvalue weighted by Crippen LogP contribution is -1.96. The lowest BCUT2D eigenvalue weighted by atomic mass is 10.1. The normalized spacial score (nSPS) is 10.6. The molecule has 0 aliphatic heterocycles. The Bertz CT molecular complexity index is 986. The van der Waals surface area contributed by atoms with Crippen LogP contribution in [0.25, 0.3) is 11.4 Å². The molecule has 1 aromatic carbocycles. The smallest absolute Gasteiger partial charge is 0.191 e. The number of pyridine rings is 1. The molecular weight excluding hydrogens is 444 g/mol. The van der Waals surface area contributed by atoms with Gasteiger partial charge < -0.3 is 4.57 Å². The fourth-order valence-electron chi connectivity index (χ4n) is 2.86. The number of hydrogen-bond donors (Lipinski definition) is 0. The van der Waals surface area contributed by atoms with Crippen molar-refractivity contribution in [1.82, 2.24) is 19.7 Å². The predicted octanol–water partition coefficient (Wildman–Crippen LogP) is 6.25. The Morgan fingerprint density at radius 3 is 2.69 bits per heavy atom. The van der Waals surface area contributed by atoms with Gasteiger partial charge in [0.25, 0.3) is 0 Å². The molecule has 29 heavy (non-hydrogen) atoms. The second kappa shape index (κ2) is 11.2. The van der Waals surface area contributed by atoms with Crippen LogP contribution in [-0.4, -0.2) is 19.7 Å². The van der Waals surface area contributed by atoms with E-state index in [1.807, 2.05) is 30.1 Å². The molecule has 0 saturated carbocycles. The molecule has 0 aliphatic rings. The molecule has 4 nitrogen and oxygen atoms in total. The van der Waals surface area contributed by atoms with Crippen LogP contribution in [0, 0.1) is 11.8 Å². The van der Waals surface area contributed by atoms with E-state index in [4.69, 9.17) is 0 Å². The molecule has 0 radical (unpaired) electrons. The van der Waals surface area contributed by atoms with Gasteiger partial charge in [-0.05, 0) is 30.2 Å². The van der Waals surface area contributed by atoms with Crippen molar-refractivity contribution in [3.8, 4) is 23.2 Å². The monoisotopic (exact) mass is 468 g/mol. The van der Waals surface area contributed by atoms with E-state index in [-0.39, 0.29) is 0 Å². The average molecular weight is 469 g/mol. The van der Waals surface area contributed by atoms with E-state index in [0.29, 0.717) is 0 Å². The van der Waals surface area contributed by atoms with E-state index in [2.05, 4.69) is 74.1 Å². The average Bonchev–Trinajstić information content (AvgIpc) is 3.11. The van der Waals surface area contributed by atoms with Crippen molar-refractivity contribution >= 4 is 27.7 Å². The number of aromatic nitrogens is 4. The van der Waals surface area contributed by atoms with Crippen molar-refractivity contribution in [1.29, 1.82) is 0 Å². The Morgan fingerprint density at radius 2 is 1.90 bits per heavy atom. The highest BCUT2D eigenvalue weighted by atomic mass is 79.9. The molecule has 3 aromatic rings. The van der Waals surface area contributed by atoms with E-state index < -0.39 is 0 Å². The van der Waals surface area contributed by atoms with Crippen molar-refractivity contribution in [2.24, 2.45) is 7.05 Å². The maximum Gasteiger partial charge on any atom is 0.191 e. The summed E-state index contributed by atoms with van der Waals surface area (Å²) in [4.78, 5) is 4.35. The zero-order chi connectivity index (χ0) is 20.5. The number of rotatable bonds is 8. The van der Waals surface area contributed by atoms with Crippen LogP contribution in [-0.2, 0) is 12.8 Å². The van der Waals surface area contributed by atoms with Gasteiger partial charge in [0, 0.05) is 47.2 Å². The molecule has 2 heterocycles. The minimum atomic E-state index is 0.808. The molecule has 0 unspecified atom stereocenters. The predicted molar refractivity (Wildman–Crippen MR) is 124 cm³/mol. The Balaban J connectivity index is 1.65. The summed E-state index contributed by atoms with van der Waals surface area (Å²) < 4.78 is 3.10. The summed E-state index contributed by atoms with van der Waals surface area (Å²) in [5, 5.41) is 9.63. The topological polar surface area (TPSA) is 43.6 Å². The first-order valence-corrected chi connectivity index (χ1v) is 11.7. The molecule has 0 aliphatic carbocycles. The third-order valence-electron chi connectivity index (χ3n) is 4.50. The molecule has 0 atom stereocenters. The summed E-state index contributed by atoms with van der Waals surface area (Å²) in [7, 11) is 1.99. The van der Waals surface area contributed by atoms with Gasteiger partial charge in [0.1, 0.15) is 0 Å². The molecule has 0 bridgehead atoms. The Kier molecular flexibility index (Phi) is 8.33. The molecule has 2 aromatic heterocycles. The van der Waals surface area contributed by atoms with Crippen molar-refractivity contribution in [2.75, 3.05) is 0 Å². The first kappa shape index (κ1) is 21.6. The minimum Gasteiger partial charge on any atom is -0.305 e. The van der Waals surface area contributed by atoms with Crippen LogP contribution in [0.3, 0.4) is 0 Å². The highest BCUT2D eigenvalue weighted by Gasteiger charge is 2.12. The van der Waals surface area contributed by atoms with E-state index in [1.54, 1.807) is 11.8 Å². The Morgan fingerprint density at radius 1 is 1.07 bits per heavy atom. The van der Waals surface area contributed by atoms with Gasteiger partial charge in [-0.25, -0.2) is 0 Å². The quantitative estimate of drug-likeness (QED) is 0.222. The van der Waals surface area contributed by atoms with Gasteiger partial charge in [-0.15, -0.1) is 10.2 Å². The van der Waals surface area contributed by atoms with E-state index in [9.17, 15) is 0 Å². The van der Waals surface area contributed by atoms with Crippen molar-refractivity contribution in [3.63, 3.8) is 0 Å². The second-order valence-corrected chi connectivity index (χ2v) is 8.71. The summed E-state index contributed by atoms with van der Waals surface area (Å²) in [6, 6.07) is 10.4. The van der Waals surface area contributed by atoms with Gasteiger partial charge in [0.05, 0.1) is 0 Å². The molecule has 150 valence electrons. The minimum absolute atomic E-state index is 0.808. The van der Waals surface area contributed by atoms with Crippen LogP contribution < -0.4 is 0 Å². The summed E-state index contributed by atoms with van der Waals surface area (Å²) in [6.07, 6.45) is 9.51. The lowest BCUT2D eigenvalue weighted by molar-refractivity contribution is 0.679. The van der Waals surface area contributed by atoms with E-state index >= 15 is 0 Å². The van der Waals surface area contributed by atoms with Crippen LogP contribution in [0.15, 0.2) is 52.4 Å². The first-order valence-electron chi connectivity index (χ1n) is 9.88. The molecular formula is C23H25BrN4S. The molecule has 3 rings (SSSR count). The lowest BCUT2D eigenvalue weighted by Gasteiger charge is -2.04. The first-order chi connectivity index (χ1) is 14.2. The van der Waals surface area contributed by atoms with Crippen LogP contribution in [0.5, 0.6) is 0 Å². The second-order valence-electron chi connectivity index (χ2n) is 6.86. The maximum atomic E-state index is 4.38. The summed E-state index contributed by atoms with van der Waals surface area (Å²) in [6.45, 7) is 2.22. The highest BCUT2D eigenvalue weighted by Crippen LogP contribution is 2.25. The van der Waals surface area contributed by atoms with Crippen molar-refractivity contribution in [2.45, 2.75) is 49.9 Å². The van der Waals surface area contributed by atoms with Gasteiger partial charge in [0.15, 0.2) is 11.0 Å². The number of thioether (sulfide) groups is 1. The molecule has 0 fully saturated rings. The van der Waals surface area contributed by atoms with E-state index in [0.717, 1.165) is 45.2 Å². The third-order valence-corrected chi connectivity index (χ3v) is 6.12. The third kappa shape index (κ3) is 6.45. The summed E-state index contributed by atoms with van der Waals surface area (Å²) >= 11 is 5.14. The zero-order valence-corrected chi connectivity index (χ0v) is 19.3. The summed E-state index contributed by atoms with van der Waals surface area (Å²) in [5.74, 6) is 8.15. The van der Waals surface area contributed by atoms with Gasteiger partial charge in [-0.3, -0.25) is 4.98 Å². The van der Waals surface area contributed by atoms with Gasteiger partial charge in [-0.2, -0.15) is 0 Å². The number of hydrogen-bond acceptors (Lipinski definition) is 4. The molecule has 0 N–H and O–H groups in total. The van der Waals surface area contributed by atoms with Crippen LogP contribution in [0.1, 0.15) is 50.2 Å². The van der Waals surface area contributed by atoms with Gasteiger partial charge >= 0.3 is 0 Å². The van der Waals surface area contributed by atoms with Gasteiger partial charge in [0.2, 0.25) is 0 Å². The molecule has 0 amide bonds. The van der Waals surface area contributed by atoms with E-state index in [1.165, 1.54) is 24.8 Å². The standard InChI is InChI=1S/C23H25BrN4S/c1-3-4-5-6-7-8-9-19-14-20(16-25-15-19)22-26-27-23(28(22)2)29-17-18-10-12-21(24)13-11-18/h10-16H,3-7,17H2,1-2H3. The highest BCUT2D eigenvalue weighted by molar-refractivity contribution is 9.10. The zero-order valence-electron chi connectivity index (χ0n) is 16.9. The van der Waals surface area contributed by atoms with Crippen molar-refractivity contribution in [3.05, 3.63) is 58.3 Å². The number of nitrogens with zero attached hydrogens (tertiary/aromatic N) is 4. The van der Waals surface area contributed by atoms with Crippen LogP contribution in [0.2, 0.25) is 0 Å². The van der Waals surface area contributed by atoms with Crippen LogP contribution >= 0.6 is 27.7 Å². The Labute approximate surface area is 185 Å². The Hall–Kier alpha value is -2.10. The fraction of sp³-hybridized carbons (Fsp3) is 0.348. The number of halogens is 1. The maximum absolute atomic E-state index is 4.38. The summed E-state index contributed by atoms with van der Waals surface area (Å²) in [5.41, 5.74) is 3.11. The largest absolute Gasteiger partial charge is 0.305 e. The van der Waals surface area contributed by atoms with Crippen LogP contribution in [0.4, 0.5) is 0 Å².